The van der Waals surface area contributed by atoms with Crippen LogP contribution in [0.3, 0.4) is 0 Å². The Morgan fingerprint density at radius 1 is 1.31 bits per heavy atom. The predicted molar refractivity (Wildman–Crippen MR) is 128 cm³/mol. The minimum Gasteiger partial charge on any atom is -0.479 e. The Bertz CT molecular complexity index is 865. The van der Waals surface area contributed by atoms with Gasteiger partial charge in [-0.05, 0) is 38.1 Å². The van der Waals surface area contributed by atoms with Gasteiger partial charge in [0.25, 0.3) is 5.91 Å². The van der Waals surface area contributed by atoms with Crippen molar-refractivity contribution in [2.24, 2.45) is 0 Å². The minimum atomic E-state index is -0.872. The fraction of sp³-hybridized carbons (Fsp3) is 0.440. The molecule has 1 aromatic carbocycles. The maximum absolute atomic E-state index is 13.3. The summed E-state index contributed by atoms with van der Waals surface area (Å²) in [7, 11) is 1.73. The summed E-state index contributed by atoms with van der Waals surface area (Å²) in [6, 6.07) is 4.63. The van der Waals surface area contributed by atoms with Crippen LogP contribution < -0.4 is 4.74 Å². The van der Waals surface area contributed by atoms with Crippen LogP contribution in [0.5, 0.6) is 5.75 Å². The molecule has 1 N–H and O–H groups in total. The van der Waals surface area contributed by atoms with Crippen molar-refractivity contribution in [1.29, 1.82) is 0 Å². The average molecular weight is 461 g/mol. The highest BCUT2D eigenvalue weighted by Crippen LogP contribution is 2.30. The van der Waals surface area contributed by atoms with Gasteiger partial charge in [0, 0.05) is 31.8 Å². The monoisotopic (exact) mass is 460 g/mol. The van der Waals surface area contributed by atoms with Gasteiger partial charge in [0.05, 0.1) is 18.0 Å². The van der Waals surface area contributed by atoms with Gasteiger partial charge in [-0.15, -0.1) is 0 Å². The summed E-state index contributed by atoms with van der Waals surface area (Å²) in [5, 5.41) is 9.64. The molecule has 0 aliphatic carbocycles. The summed E-state index contributed by atoms with van der Waals surface area (Å²) >= 11 is 5.99. The van der Waals surface area contributed by atoms with Crippen molar-refractivity contribution in [3.05, 3.63) is 65.2 Å². The van der Waals surface area contributed by atoms with Gasteiger partial charge in [-0.25, -0.2) is 0 Å². The average Bonchev–Trinajstić information content (AvgIpc) is 2.79. The van der Waals surface area contributed by atoms with Crippen molar-refractivity contribution < 1.29 is 19.4 Å². The Labute approximate surface area is 195 Å². The van der Waals surface area contributed by atoms with Crippen LogP contribution in [0.25, 0.3) is 0 Å². The molecular formula is C25H33ClN2O4. The van der Waals surface area contributed by atoms with Crippen molar-refractivity contribution >= 4 is 23.3 Å². The number of amides is 1. The number of fused-ring (bicyclic) bond motifs is 1. The Balaban J connectivity index is 2.18. The van der Waals surface area contributed by atoms with E-state index in [2.05, 4.69) is 11.8 Å². The van der Waals surface area contributed by atoms with E-state index in [0.29, 0.717) is 29.3 Å². The number of hydrogen-bond acceptors (Lipinski definition) is 5. The highest BCUT2D eigenvalue weighted by atomic mass is 35.5. The first kappa shape index (κ1) is 25.8. The fourth-order valence-electron chi connectivity index (χ4n) is 3.51. The molecule has 0 radical (unpaired) electrons. The third-order valence-corrected chi connectivity index (χ3v) is 5.62. The van der Waals surface area contributed by atoms with Crippen LogP contribution in [0, 0.1) is 0 Å². The molecule has 1 aliphatic rings. The summed E-state index contributed by atoms with van der Waals surface area (Å²) in [6.07, 6.45) is 11.4. The SMILES string of the molecule is C\C=C/C=C\C=C\[C@@H](CN(CC)CCCO)N(C)C(=O)[C@@H]1CC(=O)c2cc(Cl)ccc2O1. The first-order chi connectivity index (χ1) is 15.4. The second-order valence-corrected chi connectivity index (χ2v) is 8.09. The highest BCUT2D eigenvalue weighted by molar-refractivity contribution is 6.31. The lowest BCUT2D eigenvalue weighted by Crippen LogP contribution is -2.50. The molecule has 1 heterocycles. The standard InChI is InChI=1S/C25H33ClN2O4/c1-4-6-7-8-9-11-20(18-28(5-2)14-10-15-29)27(3)25(31)24-17-22(30)21-16-19(26)12-13-23(21)32-24/h4,6-9,11-13,16,20,24,29H,5,10,14-15,17-18H2,1-3H3/b6-4-,8-7-,11-9+/t20-,24-/m0/s1. The topological polar surface area (TPSA) is 70.1 Å². The molecule has 1 amide bonds. The molecule has 2 atom stereocenters. The zero-order chi connectivity index (χ0) is 23.5. The van der Waals surface area contributed by atoms with Crippen LogP contribution >= 0.6 is 11.6 Å². The number of rotatable bonds is 11. The highest BCUT2D eigenvalue weighted by Gasteiger charge is 2.35. The summed E-state index contributed by atoms with van der Waals surface area (Å²) in [5.41, 5.74) is 0.413. The van der Waals surface area contributed by atoms with E-state index in [1.54, 1.807) is 30.1 Å². The van der Waals surface area contributed by atoms with Crippen LogP contribution in [-0.4, -0.2) is 72.0 Å². The van der Waals surface area contributed by atoms with Gasteiger partial charge in [0.1, 0.15) is 5.75 Å². The quantitative estimate of drug-likeness (QED) is 0.507. The van der Waals surface area contributed by atoms with E-state index in [4.69, 9.17) is 16.3 Å². The van der Waals surface area contributed by atoms with Crippen molar-refractivity contribution in [3.63, 3.8) is 0 Å². The maximum Gasteiger partial charge on any atom is 0.264 e. The smallest absolute Gasteiger partial charge is 0.264 e. The largest absolute Gasteiger partial charge is 0.479 e. The van der Waals surface area contributed by atoms with E-state index in [1.165, 1.54) is 0 Å². The van der Waals surface area contributed by atoms with Gasteiger partial charge in [-0.3, -0.25) is 9.59 Å². The van der Waals surface area contributed by atoms with Crippen LogP contribution in [0.4, 0.5) is 0 Å². The maximum atomic E-state index is 13.3. The van der Waals surface area contributed by atoms with Crippen molar-refractivity contribution in [1.82, 2.24) is 9.80 Å². The van der Waals surface area contributed by atoms with E-state index >= 15 is 0 Å². The van der Waals surface area contributed by atoms with E-state index in [-0.39, 0.29) is 30.8 Å². The number of aliphatic hydroxyl groups excluding tert-OH is 1. The third kappa shape index (κ3) is 7.33. The normalized spacial score (nSPS) is 17.3. The summed E-state index contributed by atoms with van der Waals surface area (Å²) in [6.45, 7) is 6.27. The van der Waals surface area contributed by atoms with Gasteiger partial charge in [0.15, 0.2) is 11.9 Å². The lowest BCUT2D eigenvalue weighted by molar-refractivity contribution is -0.139. The molecule has 0 saturated heterocycles. The molecule has 0 aromatic heterocycles. The number of benzene rings is 1. The molecular weight excluding hydrogens is 428 g/mol. The minimum absolute atomic E-state index is 0.0177. The molecule has 1 aromatic rings. The first-order valence-corrected chi connectivity index (χ1v) is 11.3. The van der Waals surface area contributed by atoms with Crippen molar-refractivity contribution in [2.75, 3.05) is 33.3 Å². The number of ketones is 1. The molecule has 7 heteroatoms. The predicted octanol–water partition coefficient (Wildman–Crippen LogP) is 3.89. The second-order valence-electron chi connectivity index (χ2n) is 7.66. The van der Waals surface area contributed by atoms with Gasteiger partial charge in [-0.1, -0.05) is 55.0 Å². The summed E-state index contributed by atoms with van der Waals surface area (Å²) < 4.78 is 5.88. The van der Waals surface area contributed by atoms with Gasteiger partial charge >= 0.3 is 0 Å². The van der Waals surface area contributed by atoms with E-state index in [1.807, 2.05) is 43.4 Å². The number of allylic oxidation sites excluding steroid dienone is 5. The van der Waals surface area contributed by atoms with Crippen LogP contribution in [0.15, 0.2) is 54.7 Å². The van der Waals surface area contributed by atoms with Gasteiger partial charge < -0.3 is 19.6 Å². The lowest BCUT2D eigenvalue weighted by Gasteiger charge is -2.34. The van der Waals surface area contributed by atoms with Crippen molar-refractivity contribution in [2.45, 2.75) is 38.8 Å². The van der Waals surface area contributed by atoms with Gasteiger partial charge in [-0.2, -0.15) is 0 Å². The summed E-state index contributed by atoms with van der Waals surface area (Å²) in [5.74, 6) is -0.0128. The van der Waals surface area contributed by atoms with Gasteiger partial charge in [0.2, 0.25) is 0 Å². The van der Waals surface area contributed by atoms with Crippen molar-refractivity contribution in [3.8, 4) is 5.75 Å². The molecule has 32 heavy (non-hydrogen) atoms. The van der Waals surface area contributed by atoms with E-state index in [0.717, 1.165) is 13.1 Å². The van der Waals surface area contributed by atoms with Crippen LogP contribution in [0.1, 0.15) is 37.0 Å². The molecule has 1 aliphatic heterocycles. The fourth-order valence-corrected chi connectivity index (χ4v) is 3.68. The Morgan fingerprint density at radius 2 is 2.06 bits per heavy atom. The molecule has 0 unspecified atom stereocenters. The molecule has 174 valence electrons. The second kappa shape index (κ2) is 13.2. The number of hydrogen-bond donors (Lipinski definition) is 1. The van der Waals surface area contributed by atoms with Crippen LogP contribution in [-0.2, 0) is 4.79 Å². The lowest BCUT2D eigenvalue weighted by atomic mass is 9.99. The number of likely N-dealkylation sites (N-methyl/N-ethyl adjacent to an activating group) is 2. The zero-order valence-electron chi connectivity index (χ0n) is 19.0. The number of ether oxygens (including phenoxy) is 1. The first-order valence-electron chi connectivity index (χ1n) is 11.0. The zero-order valence-corrected chi connectivity index (χ0v) is 19.8. The molecule has 0 fully saturated rings. The molecule has 2 rings (SSSR count). The molecule has 0 bridgehead atoms. The molecule has 6 nitrogen and oxygen atoms in total. The summed E-state index contributed by atoms with van der Waals surface area (Å²) in [4.78, 5) is 29.7. The number of carbonyl (C=O) groups excluding carboxylic acids is 2. The Kier molecular flexibility index (Phi) is 10.7. The molecule has 0 saturated carbocycles. The number of nitrogens with zero attached hydrogens (tertiary/aromatic N) is 2. The third-order valence-electron chi connectivity index (χ3n) is 5.39. The van der Waals surface area contributed by atoms with E-state index in [9.17, 15) is 14.7 Å². The Morgan fingerprint density at radius 3 is 2.75 bits per heavy atom. The van der Waals surface area contributed by atoms with Crippen LogP contribution in [0.2, 0.25) is 5.02 Å². The number of Topliss-reactive ketones (excluding diaryl/α,β-unsaturated/α-hetero) is 1. The Hall–Kier alpha value is -2.41. The van der Waals surface area contributed by atoms with E-state index < -0.39 is 6.10 Å². The number of halogens is 1. The number of carbonyl (C=O) groups is 2. The number of aliphatic hydroxyl groups is 1. The molecule has 0 spiro atoms.